The molecule has 23 heavy (non-hydrogen) atoms. The summed E-state index contributed by atoms with van der Waals surface area (Å²) in [5.41, 5.74) is 1.41. The van der Waals surface area contributed by atoms with Gasteiger partial charge in [-0.2, -0.15) is 24.3 Å². The van der Waals surface area contributed by atoms with Gasteiger partial charge in [-0.25, -0.2) is 0 Å². The van der Waals surface area contributed by atoms with E-state index in [2.05, 4.69) is 18.3 Å². The van der Waals surface area contributed by atoms with Crippen molar-refractivity contribution in [3.05, 3.63) is 42.3 Å². The molecule has 1 saturated heterocycles. The monoisotopic (exact) mass is 540 g/mol. The smallest absolute Gasteiger partial charge is 0.503 e. The Morgan fingerprint density at radius 1 is 1.39 bits per heavy atom. The van der Waals surface area contributed by atoms with Crippen LogP contribution >= 0.6 is 0 Å². The number of fused-ring (bicyclic) bond motifs is 1. The molecule has 2 heterocycles. The Bertz CT molecular complexity index is 643. The first kappa shape index (κ1) is 19.3. The van der Waals surface area contributed by atoms with E-state index in [0.29, 0.717) is 18.5 Å². The van der Waals surface area contributed by atoms with E-state index in [1.54, 1.807) is 18.2 Å². The third-order valence-corrected chi connectivity index (χ3v) is 3.35. The molecule has 0 aliphatic carbocycles. The fourth-order valence-electron chi connectivity index (χ4n) is 2.43. The van der Waals surface area contributed by atoms with Crippen LogP contribution in [0.25, 0.3) is 0 Å². The Balaban J connectivity index is 0.000000478. The van der Waals surface area contributed by atoms with Gasteiger partial charge in [0.2, 0.25) is 11.8 Å². The predicted molar refractivity (Wildman–Crippen MR) is 74.3 cm³/mol. The average molecular weight is 540 g/mol. The summed E-state index contributed by atoms with van der Waals surface area (Å²) in [7, 11) is 0. The van der Waals surface area contributed by atoms with Crippen LogP contribution in [0.2, 0.25) is 0 Å². The van der Waals surface area contributed by atoms with Gasteiger partial charge in [0.15, 0.2) is 11.9 Å². The van der Waals surface area contributed by atoms with E-state index in [9.17, 15) is 14.4 Å². The topological polar surface area (TPSA) is 104 Å². The Morgan fingerprint density at radius 2 is 2.04 bits per heavy atom. The molecule has 3 rings (SSSR count). The number of hydrogen-bond acceptors (Lipinski definition) is 4. The van der Waals surface area contributed by atoms with Crippen LogP contribution in [0.5, 0.6) is 0 Å². The molecular formula is C15H14N2O5U. The van der Waals surface area contributed by atoms with Crippen molar-refractivity contribution in [2.45, 2.75) is 25.4 Å². The molecule has 118 valence electrons. The largest absolute Gasteiger partial charge is 2.00 e. The van der Waals surface area contributed by atoms with Crippen LogP contribution in [0.4, 0.5) is 0 Å². The van der Waals surface area contributed by atoms with Crippen LogP contribution in [0, 0.1) is 44.1 Å². The number of carboxylic acids is 1. The first-order valence-corrected chi connectivity index (χ1v) is 6.59. The third kappa shape index (κ3) is 4.60. The fraction of sp³-hybridized carbons (Fsp3) is 0.267. The van der Waals surface area contributed by atoms with Crippen molar-refractivity contribution >= 4 is 23.7 Å². The predicted octanol–water partition coefficient (Wildman–Crippen LogP) is 0.153. The fourth-order valence-corrected chi connectivity index (χ4v) is 2.43. The molecule has 8 heteroatoms. The molecule has 0 spiro atoms. The molecule has 2 aliphatic heterocycles. The molecule has 2 N–H and O–H groups in total. The van der Waals surface area contributed by atoms with Gasteiger partial charge in [-0.3, -0.25) is 31.4 Å². The molecular weight excluding hydrogens is 526 g/mol. The standard InChI is InChI=1S/C13H11N2O3.C2H3O2.U/c16-11-6-5-10(12(17)14-11)15-7-8-3-1-2-4-9(8)13(15)18;1-2(3)4;/h1-2,4,10H,5-7H2,(H,14,16,17);1H2,(H,3,4);/q2*-1;+2. The Kier molecular flexibility index (Phi) is 6.85. The van der Waals surface area contributed by atoms with Crippen molar-refractivity contribution in [3.63, 3.8) is 0 Å². The van der Waals surface area contributed by atoms with Gasteiger partial charge in [-0.05, 0) is 6.42 Å². The number of nitrogens with one attached hydrogen (secondary N) is 1. The molecule has 0 aromatic heterocycles. The maximum absolute atomic E-state index is 12.2. The maximum atomic E-state index is 12.2. The average Bonchev–Trinajstić information content (AvgIpc) is 2.76. The van der Waals surface area contributed by atoms with Crippen LogP contribution in [-0.2, 0) is 20.9 Å². The SMILES string of the molecule is O=C1CCC(N2Cc3[c-]cccc3C2=O)C(=O)N1.[CH2-]C(=O)O.[U+2]. The Hall–Kier alpha value is -1.78. The summed E-state index contributed by atoms with van der Waals surface area (Å²) >= 11 is 0. The van der Waals surface area contributed by atoms with Gasteiger partial charge in [0.1, 0.15) is 6.04 Å². The molecule has 0 radical (unpaired) electrons. The summed E-state index contributed by atoms with van der Waals surface area (Å²) in [6.07, 6.45) is 0.671. The summed E-state index contributed by atoms with van der Waals surface area (Å²) in [5.74, 6) is -1.89. The van der Waals surface area contributed by atoms with Crippen molar-refractivity contribution < 1.29 is 55.4 Å². The third-order valence-electron chi connectivity index (χ3n) is 3.35. The quantitative estimate of drug-likeness (QED) is 0.390. The van der Waals surface area contributed by atoms with E-state index in [4.69, 9.17) is 9.90 Å². The maximum Gasteiger partial charge on any atom is 2.00 e. The number of piperidine rings is 1. The Morgan fingerprint density at radius 3 is 2.61 bits per heavy atom. The summed E-state index contributed by atoms with van der Waals surface area (Å²) in [6, 6.07) is 7.71. The molecule has 0 saturated carbocycles. The van der Waals surface area contributed by atoms with Crippen LogP contribution in [-0.4, -0.2) is 39.7 Å². The van der Waals surface area contributed by atoms with Crippen molar-refractivity contribution in [1.29, 1.82) is 0 Å². The number of carbonyl (C=O) groups excluding carboxylic acids is 3. The van der Waals surface area contributed by atoms with Gasteiger partial charge >= 0.3 is 31.1 Å². The number of benzene rings is 1. The zero-order chi connectivity index (χ0) is 16.3. The summed E-state index contributed by atoms with van der Waals surface area (Å²) in [4.78, 5) is 45.4. The number of hydrogen-bond donors (Lipinski definition) is 2. The van der Waals surface area contributed by atoms with E-state index in [1.807, 2.05) is 0 Å². The molecule has 2 aliphatic rings. The molecule has 1 aromatic rings. The van der Waals surface area contributed by atoms with Crippen molar-refractivity contribution in [2.75, 3.05) is 0 Å². The minimum atomic E-state index is -1.08. The van der Waals surface area contributed by atoms with E-state index < -0.39 is 12.0 Å². The second-order valence-electron chi connectivity index (χ2n) is 4.86. The zero-order valence-electron chi connectivity index (χ0n) is 12.2. The van der Waals surface area contributed by atoms with Gasteiger partial charge in [-0.1, -0.05) is 5.56 Å². The number of aliphatic carboxylic acids is 1. The summed E-state index contributed by atoms with van der Waals surface area (Å²) in [6.45, 7) is 2.95. The van der Waals surface area contributed by atoms with Crippen molar-refractivity contribution in [3.8, 4) is 0 Å². The molecule has 3 amide bonds. The number of amides is 3. The number of carbonyl (C=O) groups is 4. The molecule has 1 aromatic carbocycles. The van der Waals surface area contributed by atoms with Crippen LogP contribution < -0.4 is 5.32 Å². The first-order valence-electron chi connectivity index (χ1n) is 6.59. The second kappa shape index (κ2) is 8.18. The molecule has 0 bridgehead atoms. The second-order valence-corrected chi connectivity index (χ2v) is 4.86. The van der Waals surface area contributed by atoms with E-state index in [0.717, 1.165) is 5.56 Å². The van der Waals surface area contributed by atoms with Gasteiger partial charge in [0, 0.05) is 13.0 Å². The number of carboxylic acid groups (broad SMARTS) is 1. The normalized spacial score (nSPS) is 19.0. The van der Waals surface area contributed by atoms with Gasteiger partial charge < -0.3 is 10.0 Å². The Labute approximate surface area is 156 Å². The van der Waals surface area contributed by atoms with Crippen molar-refractivity contribution in [2.24, 2.45) is 0 Å². The van der Waals surface area contributed by atoms with Crippen molar-refractivity contribution in [1.82, 2.24) is 10.2 Å². The van der Waals surface area contributed by atoms with Crippen LogP contribution in [0.1, 0.15) is 28.8 Å². The minimum absolute atomic E-state index is 0. The number of imide groups is 1. The molecule has 7 nitrogen and oxygen atoms in total. The van der Waals surface area contributed by atoms with Gasteiger partial charge in [0.25, 0.3) is 0 Å². The molecule has 1 fully saturated rings. The van der Waals surface area contributed by atoms with Crippen LogP contribution in [0.15, 0.2) is 18.2 Å². The van der Waals surface area contributed by atoms with Gasteiger partial charge in [0.05, 0.1) is 0 Å². The first-order chi connectivity index (χ1) is 10.4. The van der Waals surface area contributed by atoms with Crippen LogP contribution in [0.3, 0.4) is 0 Å². The van der Waals surface area contributed by atoms with Gasteiger partial charge in [-0.15, -0.1) is 5.56 Å². The zero-order valence-corrected chi connectivity index (χ0v) is 16.3. The van der Waals surface area contributed by atoms with E-state index in [1.165, 1.54) is 4.90 Å². The molecule has 1 unspecified atom stereocenters. The minimum Gasteiger partial charge on any atom is -0.503 e. The number of rotatable bonds is 1. The summed E-state index contributed by atoms with van der Waals surface area (Å²) in [5, 5.41) is 9.58. The number of nitrogens with zero attached hydrogens (tertiary/aromatic N) is 1. The molecule has 1 atom stereocenters. The van der Waals surface area contributed by atoms with E-state index in [-0.39, 0.29) is 55.3 Å². The van der Waals surface area contributed by atoms with E-state index >= 15 is 0 Å². The summed E-state index contributed by atoms with van der Waals surface area (Å²) < 4.78 is 0.